The zero-order valence-corrected chi connectivity index (χ0v) is 20.2. The van der Waals surface area contributed by atoms with Gasteiger partial charge in [0.1, 0.15) is 0 Å². The third-order valence-corrected chi connectivity index (χ3v) is 6.55. The first-order valence-corrected chi connectivity index (χ1v) is 11.8. The van der Waals surface area contributed by atoms with Crippen molar-refractivity contribution in [2.24, 2.45) is 0 Å². The van der Waals surface area contributed by atoms with Gasteiger partial charge in [0, 0.05) is 24.5 Å². The van der Waals surface area contributed by atoms with Crippen molar-refractivity contribution in [2.45, 2.75) is 44.7 Å². The van der Waals surface area contributed by atoms with E-state index in [9.17, 15) is 0 Å². The number of nitrogens with zero attached hydrogens (tertiary/aromatic N) is 2. The number of piperazine rings is 1. The first-order valence-electron chi connectivity index (χ1n) is 11.8. The topological polar surface area (TPSA) is 6.48 Å². The van der Waals surface area contributed by atoms with Crippen LogP contribution in [0.5, 0.6) is 0 Å². The van der Waals surface area contributed by atoms with Crippen molar-refractivity contribution < 1.29 is 0 Å². The molecule has 1 aliphatic rings. The molecule has 1 saturated heterocycles. The van der Waals surface area contributed by atoms with Gasteiger partial charge in [-0.1, -0.05) is 85.5 Å². The number of allylic oxidation sites excluding steroid dienone is 1. The Morgan fingerprint density at radius 2 is 1.09 bits per heavy atom. The largest absolute Gasteiger partial charge is 0.361 e. The summed E-state index contributed by atoms with van der Waals surface area (Å²) < 4.78 is 0. The van der Waals surface area contributed by atoms with Gasteiger partial charge in [0.25, 0.3) is 0 Å². The van der Waals surface area contributed by atoms with Crippen molar-refractivity contribution in [3.8, 4) is 0 Å². The minimum absolute atomic E-state index is 0.142. The average molecular weight is 439 g/mol. The molecule has 0 saturated carbocycles. The van der Waals surface area contributed by atoms with Gasteiger partial charge < -0.3 is 9.80 Å². The Kier molecular flexibility index (Phi) is 8.54. The summed E-state index contributed by atoms with van der Waals surface area (Å²) in [6.45, 7) is 24.6. The van der Waals surface area contributed by atoms with Crippen molar-refractivity contribution in [1.82, 2.24) is 9.80 Å². The van der Waals surface area contributed by atoms with Crippen LogP contribution in [0.15, 0.2) is 111 Å². The SMILES string of the molecule is C=CCCc1ccc(CC2C(=C)N(CC=C)C(Cc3ccc(C)cc3)C(=C)N2CC=C)cc1. The molecule has 1 aliphatic heterocycles. The lowest BCUT2D eigenvalue weighted by Gasteiger charge is -2.51. The van der Waals surface area contributed by atoms with Crippen LogP contribution in [0.2, 0.25) is 0 Å². The molecule has 0 bridgehead atoms. The molecule has 2 atom stereocenters. The maximum atomic E-state index is 4.57. The summed E-state index contributed by atoms with van der Waals surface area (Å²) in [6.07, 6.45) is 9.73. The third-order valence-electron chi connectivity index (χ3n) is 6.55. The van der Waals surface area contributed by atoms with Gasteiger partial charge in [0.15, 0.2) is 0 Å². The molecule has 0 N–H and O–H groups in total. The molecule has 172 valence electrons. The summed E-state index contributed by atoms with van der Waals surface area (Å²) in [5.74, 6) is 0. The second kappa shape index (κ2) is 11.6. The number of rotatable bonds is 11. The van der Waals surface area contributed by atoms with Gasteiger partial charge in [-0.25, -0.2) is 0 Å². The van der Waals surface area contributed by atoms with E-state index in [2.05, 4.69) is 98.1 Å². The first-order chi connectivity index (χ1) is 16.0. The molecule has 2 nitrogen and oxygen atoms in total. The molecule has 0 amide bonds. The van der Waals surface area contributed by atoms with Gasteiger partial charge in [-0.05, 0) is 49.3 Å². The lowest BCUT2D eigenvalue weighted by atomic mass is 9.91. The standard InChI is InChI=1S/C31H38N2/c1-7-10-11-27-16-18-29(19-17-27)23-31-26(6)32(20-8-2)30(25(5)33(31)21-9-3)22-28-14-12-24(4)13-15-28/h7-9,12-19,30-31H,1-3,5-6,10-11,20-23H2,4H3. The summed E-state index contributed by atoms with van der Waals surface area (Å²) >= 11 is 0. The van der Waals surface area contributed by atoms with Crippen LogP contribution in [0.1, 0.15) is 28.7 Å². The first kappa shape index (κ1) is 24.4. The van der Waals surface area contributed by atoms with Crippen molar-refractivity contribution in [3.63, 3.8) is 0 Å². The Bertz CT molecular complexity index is 981. The molecule has 0 radical (unpaired) electrons. The minimum atomic E-state index is 0.142. The molecule has 0 spiro atoms. The van der Waals surface area contributed by atoms with Crippen molar-refractivity contribution >= 4 is 0 Å². The highest BCUT2D eigenvalue weighted by molar-refractivity contribution is 5.32. The molecule has 1 fully saturated rings. The molecule has 2 aromatic rings. The quantitative estimate of drug-likeness (QED) is 0.362. The lowest BCUT2D eigenvalue weighted by Crippen LogP contribution is -2.55. The van der Waals surface area contributed by atoms with Crippen molar-refractivity contribution in [2.75, 3.05) is 13.1 Å². The van der Waals surface area contributed by atoms with E-state index in [0.717, 1.165) is 50.2 Å². The van der Waals surface area contributed by atoms with E-state index in [4.69, 9.17) is 0 Å². The fourth-order valence-electron chi connectivity index (χ4n) is 4.65. The van der Waals surface area contributed by atoms with E-state index in [1.54, 1.807) is 0 Å². The molecule has 2 aromatic carbocycles. The summed E-state index contributed by atoms with van der Waals surface area (Å²) in [4.78, 5) is 4.78. The van der Waals surface area contributed by atoms with Crippen LogP contribution in [0.3, 0.4) is 0 Å². The van der Waals surface area contributed by atoms with Crippen LogP contribution in [-0.4, -0.2) is 35.0 Å². The second-order valence-electron chi connectivity index (χ2n) is 8.93. The molecular formula is C31H38N2. The fraction of sp³-hybridized carbons (Fsp3) is 0.290. The predicted molar refractivity (Wildman–Crippen MR) is 143 cm³/mol. The zero-order chi connectivity index (χ0) is 23.8. The van der Waals surface area contributed by atoms with Crippen LogP contribution in [-0.2, 0) is 19.3 Å². The van der Waals surface area contributed by atoms with Crippen molar-refractivity contribution in [1.29, 1.82) is 0 Å². The third kappa shape index (κ3) is 5.96. The highest BCUT2D eigenvalue weighted by Crippen LogP contribution is 2.34. The number of benzene rings is 2. The molecule has 2 unspecified atom stereocenters. The molecule has 3 rings (SSSR count). The van der Waals surface area contributed by atoms with E-state index in [-0.39, 0.29) is 12.1 Å². The molecule has 2 heteroatoms. The molecule has 0 aromatic heterocycles. The highest BCUT2D eigenvalue weighted by atomic mass is 15.3. The maximum Gasteiger partial charge on any atom is 0.0725 e. The predicted octanol–water partition coefficient (Wildman–Crippen LogP) is 6.65. The van der Waals surface area contributed by atoms with E-state index >= 15 is 0 Å². The van der Waals surface area contributed by atoms with Gasteiger partial charge in [0.2, 0.25) is 0 Å². The number of hydrogen-bond donors (Lipinski definition) is 0. The normalized spacial score (nSPS) is 18.3. The van der Waals surface area contributed by atoms with E-state index in [0.29, 0.717) is 0 Å². The van der Waals surface area contributed by atoms with E-state index in [1.807, 2.05) is 18.2 Å². The Hall–Kier alpha value is -3.26. The van der Waals surface area contributed by atoms with Crippen LogP contribution in [0.4, 0.5) is 0 Å². The van der Waals surface area contributed by atoms with Crippen LogP contribution >= 0.6 is 0 Å². The smallest absolute Gasteiger partial charge is 0.0725 e. The minimum Gasteiger partial charge on any atom is -0.361 e. The zero-order valence-electron chi connectivity index (χ0n) is 20.2. The van der Waals surface area contributed by atoms with Gasteiger partial charge in [-0.15, -0.1) is 19.7 Å². The van der Waals surface area contributed by atoms with Gasteiger partial charge in [0.05, 0.1) is 12.1 Å². The van der Waals surface area contributed by atoms with Gasteiger partial charge in [-0.3, -0.25) is 0 Å². The Balaban J connectivity index is 1.86. The van der Waals surface area contributed by atoms with Gasteiger partial charge >= 0.3 is 0 Å². The molecule has 0 aliphatic carbocycles. The Morgan fingerprint density at radius 3 is 1.52 bits per heavy atom. The Morgan fingerprint density at radius 1 is 0.667 bits per heavy atom. The molecule has 1 heterocycles. The van der Waals surface area contributed by atoms with Crippen LogP contribution in [0.25, 0.3) is 0 Å². The summed E-state index contributed by atoms with van der Waals surface area (Å²) in [7, 11) is 0. The number of aryl methyl sites for hydroxylation is 2. The van der Waals surface area contributed by atoms with E-state index in [1.165, 1.54) is 22.3 Å². The van der Waals surface area contributed by atoms with Crippen LogP contribution < -0.4 is 0 Å². The summed E-state index contributed by atoms with van der Waals surface area (Å²) in [6, 6.07) is 18.0. The van der Waals surface area contributed by atoms with Gasteiger partial charge in [-0.2, -0.15) is 0 Å². The fourth-order valence-corrected chi connectivity index (χ4v) is 4.65. The summed E-state index contributed by atoms with van der Waals surface area (Å²) in [5, 5.41) is 0. The lowest BCUT2D eigenvalue weighted by molar-refractivity contribution is 0.138. The molecule has 33 heavy (non-hydrogen) atoms. The Labute approximate surface area is 200 Å². The second-order valence-corrected chi connectivity index (χ2v) is 8.93. The number of hydrogen-bond acceptors (Lipinski definition) is 2. The highest BCUT2D eigenvalue weighted by Gasteiger charge is 2.37. The molecular weight excluding hydrogens is 400 g/mol. The summed E-state index contributed by atoms with van der Waals surface area (Å²) in [5.41, 5.74) is 7.48. The van der Waals surface area contributed by atoms with E-state index < -0.39 is 0 Å². The maximum absolute atomic E-state index is 4.57. The monoisotopic (exact) mass is 438 g/mol. The van der Waals surface area contributed by atoms with Crippen molar-refractivity contribution in [3.05, 3.63) is 133 Å². The average Bonchev–Trinajstić information content (AvgIpc) is 2.82. The van der Waals surface area contributed by atoms with Crippen LogP contribution in [0, 0.1) is 6.92 Å².